The van der Waals surface area contributed by atoms with Gasteiger partial charge in [-0.05, 0) is 25.7 Å². The van der Waals surface area contributed by atoms with Gasteiger partial charge in [-0.25, -0.2) is 4.98 Å². The second-order valence-corrected chi connectivity index (χ2v) is 6.27. The molecule has 1 N–H and O–H groups in total. The summed E-state index contributed by atoms with van der Waals surface area (Å²) in [4.78, 5) is 16.2. The first-order valence-electron chi connectivity index (χ1n) is 7.80. The quantitative estimate of drug-likeness (QED) is 0.922. The molecule has 110 valence electrons. The molecular weight excluding hydrogens is 254 g/mol. The summed E-state index contributed by atoms with van der Waals surface area (Å²) < 4.78 is 1.83. The Bertz CT molecular complexity index is 491. The van der Waals surface area contributed by atoms with Gasteiger partial charge in [-0.15, -0.1) is 0 Å². The molecule has 0 spiro atoms. The maximum Gasteiger partial charge on any atom is 0.307 e. The minimum atomic E-state index is -0.680. The Labute approximate surface area is 119 Å². The average molecular weight is 277 g/mol. The number of rotatable bonds is 3. The van der Waals surface area contributed by atoms with Gasteiger partial charge >= 0.3 is 5.97 Å². The summed E-state index contributed by atoms with van der Waals surface area (Å²) in [6, 6.07) is 0. The van der Waals surface area contributed by atoms with E-state index in [0.717, 1.165) is 37.3 Å². The number of aromatic nitrogens is 3. The number of carboxylic acid groups (broad SMARTS) is 1. The molecular formula is C15H23N3O2. The average Bonchev–Trinajstić information content (AvgIpc) is 3.07. The van der Waals surface area contributed by atoms with Crippen molar-refractivity contribution in [2.75, 3.05) is 0 Å². The highest BCUT2D eigenvalue weighted by atomic mass is 16.4. The molecule has 0 aliphatic heterocycles. The highest BCUT2D eigenvalue weighted by Gasteiger charge is 2.35. The van der Waals surface area contributed by atoms with Crippen LogP contribution in [0.3, 0.4) is 0 Å². The molecule has 2 fully saturated rings. The number of hydrogen-bond donors (Lipinski definition) is 1. The Morgan fingerprint density at radius 2 is 1.80 bits per heavy atom. The SMILES string of the molecule is Cn1nc(C2CCCC2)nc1C1CCCCC1C(=O)O. The van der Waals surface area contributed by atoms with Crippen molar-refractivity contribution in [3.05, 3.63) is 11.6 Å². The second-order valence-electron chi connectivity index (χ2n) is 6.27. The van der Waals surface area contributed by atoms with Crippen molar-refractivity contribution in [3.63, 3.8) is 0 Å². The van der Waals surface area contributed by atoms with E-state index in [1.807, 2.05) is 11.7 Å². The highest BCUT2D eigenvalue weighted by Crippen LogP contribution is 2.38. The lowest BCUT2D eigenvalue weighted by atomic mass is 9.79. The van der Waals surface area contributed by atoms with Gasteiger partial charge in [0.1, 0.15) is 5.82 Å². The third-order valence-electron chi connectivity index (χ3n) is 4.95. The molecule has 1 aromatic heterocycles. The Balaban J connectivity index is 1.86. The van der Waals surface area contributed by atoms with Gasteiger partial charge in [-0.2, -0.15) is 5.10 Å². The van der Waals surface area contributed by atoms with Crippen LogP contribution in [-0.4, -0.2) is 25.8 Å². The summed E-state index contributed by atoms with van der Waals surface area (Å²) in [6.07, 6.45) is 8.69. The molecule has 0 amide bonds. The largest absolute Gasteiger partial charge is 0.481 e. The molecule has 2 saturated carbocycles. The van der Waals surface area contributed by atoms with Crippen LogP contribution in [0.15, 0.2) is 0 Å². The van der Waals surface area contributed by atoms with Crippen LogP contribution in [0.25, 0.3) is 0 Å². The number of aliphatic carboxylic acids is 1. The number of carbonyl (C=O) groups is 1. The summed E-state index contributed by atoms with van der Waals surface area (Å²) in [5.41, 5.74) is 0. The third-order valence-corrected chi connectivity index (χ3v) is 4.95. The van der Waals surface area contributed by atoms with E-state index in [0.29, 0.717) is 5.92 Å². The molecule has 2 aliphatic rings. The summed E-state index contributed by atoms with van der Waals surface area (Å²) in [5, 5.41) is 14.0. The van der Waals surface area contributed by atoms with Gasteiger partial charge in [0.25, 0.3) is 0 Å². The second kappa shape index (κ2) is 5.54. The Hall–Kier alpha value is -1.39. The van der Waals surface area contributed by atoms with Gasteiger partial charge in [0.2, 0.25) is 0 Å². The van der Waals surface area contributed by atoms with Gasteiger partial charge in [0, 0.05) is 18.9 Å². The molecule has 0 saturated heterocycles. The zero-order chi connectivity index (χ0) is 14.1. The van der Waals surface area contributed by atoms with E-state index in [9.17, 15) is 9.90 Å². The van der Waals surface area contributed by atoms with Crippen LogP contribution in [0, 0.1) is 5.92 Å². The minimum Gasteiger partial charge on any atom is -0.481 e. The smallest absolute Gasteiger partial charge is 0.307 e. The Morgan fingerprint density at radius 1 is 1.15 bits per heavy atom. The molecule has 3 rings (SSSR count). The van der Waals surface area contributed by atoms with Gasteiger partial charge in [0.05, 0.1) is 5.92 Å². The van der Waals surface area contributed by atoms with Gasteiger partial charge in [-0.3, -0.25) is 9.48 Å². The van der Waals surface area contributed by atoms with Gasteiger partial charge in [-0.1, -0.05) is 25.7 Å². The fraction of sp³-hybridized carbons (Fsp3) is 0.800. The van der Waals surface area contributed by atoms with E-state index in [4.69, 9.17) is 4.98 Å². The molecule has 1 heterocycles. The summed E-state index contributed by atoms with van der Waals surface area (Å²) >= 11 is 0. The monoisotopic (exact) mass is 277 g/mol. The van der Waals surface area contributed by atoms with Crippen LogP contribution in [-0.2, 0) is 11.8 Å². The first-order chi connectivity index (χ1) is 9.66. The van der Waals surface area contributed by atoms with Crippen molar-refractivity contribution in [2.45, 2.75) is 63.2 Å². The van der Waals surface area contributed by atoms with Gasteiger partial charge in [0.15, 0.2) is 5.82 Å². The van der Waals surface area contributed by atoms with Crippen molar-refractivity contribution in [1.82, 2.24) is 14.8 Å². The van der Waals surface area contributed by atoms with Gasteiger partial charge < -0.3 is 5.11 Å². The lowest BCUT2D eigenvalue weighted by molar-refractivity contribution is -0.143. The Kier molecular flexibility index (Phi) is 3.76. The third kappa shape index (κ3) is 2.45. The van der Waals surface area contributed by atoms with Crippen molar-refractivity contribution >= 4 is 5.97 Å². The predicted molar refractivity (Wildman–Crippen MR) is 74.5 cm³/mol. The maximum atomic E-state index is 11.5. The van der Waals surface area contributed by atoms with Crippen molar-refractivity contribution in [3.8, 4) is 0 Å². The molecule has 0 aromatic carbocycles. The van der Waals surface area contributed by atoms with Crippen LogP contribution in [0.2, 0.25) is 0 Å². The van der Waals surface area contributed by atoms with Crippen molar-refractivity contribution in [1.29, 1.82) is 0 Å². The standard InChI is InChI=1S/C15H23N3O2/c1-18-14(11-8-4-5-9-12(11)15(19)20)16-13(17-18)10-6-2-3-7-10/h10-12H,2-9H2,1H3,(H,19,20). The molecule has 0 radical (unpaired) electrons. The fourth-order valence-corrected chi connectivity index (χ4v) is 3.83. The Morgan fingerprint density at radius 3 is 2.50 bits per heavy atom. The molecule has 2 unspecified atom stereocenters. The molecule has 1 aromatic rings. The summed E-state index contributed by atoms with van der Waals surface area (Å²) in [7, 11) is 1.91. The van der Waals surface area contributed by atoms with E-state index < -0.39 is 5.97 Å². The number of carboxylic acids is 1. The van der Waals surface area contributed by atoms with E-state index in [2.05, 4.69) is 5.10 Å². The van der Waals surface area contributed by atoms with E-state index in [1.165, 1.54) is 25.7 Å². The number of nitrogens with zero attached hydrogens (tertiary/aromatic N) is 3. The first kappa shape index (κ1) is 13.6. The van der Waals surface area contributed by atoms with Crippen LogP contribution in [0.1, 0.15) is 74.9 Å². The topological polar surface area (TPSA) is 68.0 Å². The molecule has 0 bridgehead atoms. The molecule has 20 heavy (non-hydrogen) atoms. The van der Waals surface area contributed by atoms with Crippen LogP contribution >= 0.6 is 0 Å². The van der Waals surface area contributed by atoms with E-state index in [1.54, 1.807) is 0 Å². The maximum absolute atomic E-state index is 11.5. The lowest BCUT2D eigenvalue weighted by Crippen LogP contribution is -2.27. The summed E-state index contributed by atoms with van der Waals surface area (Å²) in [6.45, 7) is 0. The number of aryl methyl sites for hydroxylation is 1. The first-order valence-corrected chi connectivity index (χ1v) is 7.80. The minimum absolute atomic E-state index is 0.0360. The van der Waals surface area contributed by atoms with Crippen LogP contribution in [0.4, 0.5) is 0 Å². The van der Waals surface area contributed by atoms with Crippen LogP contribution in [0.5, 0.6) is 0 Å². The zero-order valence-electron chi connectivity index (χ0n) is 12.1. The van der Waals surface area contributed by atoms with Crippen LogP contribution < -0.4 is 0 Å². The lowest BCUT2D eigenvalue weighted by Gasteiger charge is -2.27. The normalized spacial score (nSPS) is 27.9. The molecule has 5 heteroatoms. The molecule has 2 atom stereocenters. The van der Waals surface area contributed by atoms with Crippen molar-refractivity contribution in [2.24, 2.45) is 13.0 Å². The van der Waals surface area contributed by atoms with E-state index in [-0.39, 0.29) is 11.8 Å². The predicted octanol–water partition coefficient (Wildman–Crippen LogP) is 2.83. The molecule has 2 aliphatic carbocycles. The highest BCUT2D eigenvalue weighted by molar-refractivity contribution is 5.71. The summed E-state index contributed by atoms with van der Waals surface area (Å²) in [5.74, 6) is 1.38. The molecule has 5 nitrogen and oxygen atoms in total. The van der Waals surface area contributed by atoms with E-state index >= 15 is 0 Å². The number of hydrogen-bond acceptors (Lipinski definition) is 3. The van der Waals surface area contributed by atoms with Crippen molar-refractivity contribution < 1.29 is 9.90 Å². The zero-order valence-corrected chi connectivity index (χ0v) is 12.1. The fourth-order valence-electron chi connectivity index (χ4n) is 3.83.